The second-order valence-electron chi connectivity index (χ2n) is 5.49. The van der Waals surface area contributed by atoms with Crippen molar-refractivity contribution in [1.82, 2.24) is 10.2 Å². The van der Waals surface area contributed by atoms with E-state index < -0.39 is 0 Å². The molecule has 1 aromatic rings. The van der Waals surface area contributed by atoms with Crippen LogP contribution in [0.5, 0.6) is 0 Å². The number of hydrogen-bond acceptors (Lipinski definition) is 1. The van der Waals surface area contributed by atoms with E-state index in [1.54, 1.807) is 0 Å². The number of likely N-dealkylation sites (tertiary alicyclic amines) is 1. The van der Waals surface area contributed by atoms with Gasteiger partial charge in [0.2, 0.25) is 0 Å². The van der Waals surface area contributed by atoms with Gasteiger partial charge >= 0.3 is 6.03 Å². The number of urea groups is 1. The van der Waals surface area contributed by atoms with Crippen LogP contribution in [0.25, 0.3) is 0 Å². The number of piperidine rings is 1. The van der Waals surface area contributed by atoms with E-state index in [-0.39, 0.29) is 12.1 Å². The lowest BCUT2D eigenvalue weighted by atomic mass is 9.99. The molecule has 1 fully saturated rings. The number of nitrogens with one attached hydrogen (secondary N) is 1. The molecule has 2 amide bonds. The van der Waals surface area contributed by atoms with Crippen LogP contribution in [0.2, 0.25) is 0 Å². The summed E-state index contributed by atoms with van der Waals surface area (Å²) >= 11 is 0. The summed E-state index contributed by atoms with van der Waals surface area (Å²) in [4.78, 5) is 14.2. The van der Waals surface area contributed by atoms with Crippen molar-refractivity contribution in [2.75, 3.05) is 13.1 Å². The van der Waals surface area contributed by atoms with Gasteiger partial charge in [-0.2, -0.15) is 0 Å². The summed E-state index contributed by atoms with van der Waals surface area (Å²) in [6.45, 7) is 6.14. The van der Waals surface area contributed by atoms with Crippen molar-refractivity contribution in [1.29, 1.82) is 0 Å². The van der Waals surface area contributed by atoms with Crippen LogP contribution < -0.4 is 5.32 Å². The largest absolute Gasteiger partial charge is 0.331 e. The van der Waals surface area contributed by atoms with E-state index in [0.717, 1.165) is 38.3 Å². The topological polar surface area (TPSA) is 32.3 Å². The minimum atomic E-state index is 0.0857. The SMILES string of the molecule is CCC(NC(=O)N1CCC(C)CC1)c1ccccc1. The predicted octanol–water partition coefficient (Wildman–Crippen LogP) is 3.58. The lowest BCUT2D eigenvalue weighted by Crippen LogP contribution is -2.45. The highest BCUT2D eigenvalue weighted by Gasteiger charge is 2.22. The third kappa shape index (κ3) is 3.72. The molecule has 1 atom stereocenters. The number of carbonyl (C=O) groups is 1. The average Bonchev–Trinajstić information content (AvgIpc) is 2.46. The zero-order valence-electron chi connectivity index (χ0n) is 11.9. The zero-order valence-corrected chi connectivity index (χ0v) is 11.9. The van der Waals surface area contributed by atoms with Gasteiger partial charge in [-0.1, -0.05) is 44.2 Å². The summed E-state index contributed by atoms with van der Waals surface area (Å²) < 4.78 is 0. The van der Waals surface area contributed by atoms with Crippen LogP contribution in [0.3, 0.4) is 0 Å². The van der Waals surface area contributed by atoms with E-state index in [9.17, 15) is 4.79 Å². The molecule has 0 bridgehead atoms. The summed E-state index contributed by atoms with van der Waals surface area (Å²) in [6.07, 6.45) is 3.16. The number of nitrogens with zero attached hydrogens (tertiary/aromatic N) is 1. The van der Waals surface area contributed by atoms with Gasteiger partial charge in [0.05, 0.1) is 6.04 Å². The number of benzene rings is 1. The monoisotopic (exact) mass is 260 g/mol. The fourth-order valence-corrected chi connectivity index (χ4v) is 2.56. The molecule has 1 N–H and O–H groups in total. The first-order chi connectivity index (χ1) is 9.20. The number of hydrogen-bond donors (Lipinski definition) is 1. The Balaban J connectivity index is 1.93. The van der Waals surface area contributed by atoms with Gasteiger partial charge in [-0.05, 0) is 30.7 Å². The summed E-state index contributed by atoms with van der Waals surface area (Å²) in [5, 5.41) is 3.15. The quantitative estimate of drug-likeness (QED) is 0.885. The summed E-state index contributed by atoms with van der Waals surface area (Å²) in [6, 6.07) is 10.4. The van der Waals surface area contributed by atoms with Crippen molar-refractivity contribution in [3.63, 3.8) is 0 Å². The summed E-state index contributed by atoms with van der Waals surface area (Å²) in [5.41, 5.74) is 1.18. The molecule has 0 aromatic heterocycles. The van der Waals surface area contributed by atoms with Gasteiger partial charge in [0.15, 0.2) is 0 Å². The highest BCUT2D eigenvalue weighted by Crippen LogP contribution is 2.19. The van der Waals surface area contributed by atoms with Crippen LogP contribution in [0.1, 0.15) is 44.7 Å². The van der Waals surface area contributed by atoms with Gasteiger partial charge in [-0.25, -0.2) is 4.79 Å². The van der Waals surface area contributed by atoms with Crippen molar-refractivity contribution in [2.24, 2.45) is 5.92 Å². The Labute approximate surface area is 116 Å². The number of rotatable bonds is 3. The van der Waals surface area contributed by atoms with E-state index in [4.69, 9.17) is 0 Å². The molecule has 0 radical (unpaired) electrons. The van der Waals surface area contributed by atoms with E-state index in [1.807, 2.05) is 23.1 Å². The molecule has 3 nitrogen and oxygen atoms in total. The van der Waals surface area contributed by atoms with E-state index >= 15 is 0 Å². The van der Waals surface area contributed by atoms with E-state index in [1.165, 1.54) is 5.56 Å². The van der Waals surface area contributed by atoms with Crippen molar-refractivity contribution < 1.29 is 4.79 Å². The third-order valence-electron chi connectivity index (χ3n) is 3.98. The molecule has 1 aliphatic rings. The highest BCUT2D eigenvalue weighted by atomic mass is 16.2. The van der Waals surface area contributed by atoms with Gasteiger partial charge < -0.3 is 10.2 Å². The Morgan fingerprint density at radius 2 is 1.95 bits per heavy atom. The smallest absolute Gasteiger partial charge is 0.317 e. The van der Waals surface area contributed by atoms with Crippen LogP contribution in [-0.4, -0.2) is 24.0 Å². The number of amides is 2. The lowest BCUT2D eigenvalue weighted by molar-refractivity contribution is 0.170. The first kappa shape index (κ1) is 13.9. The lowest BCUT2D eigenvalue weighted by Gasteiger charge is -2.32. The minimum Gasteiger partial charge on any atom is -0.331 e. The fraction of sp³-hybridized carbons (Fsp3) is 0.562. The molecule has 19 heavy (non-hydrogen) atoms. The molecule has 0 spiro atoms. The second-order valence-corrected chi connectivity index (χ2v) is 5.49. The Kier molecular flexibility index (Phi) is 4.83. The maximum absolute atomic E-state index is 12.3. The standard InChI is InChI=1S/C16H24N2O/c1-3-15(14-7-5-4-6-8-14)17-16(19)18-11-9-13(2)10-12-18/h4-8,13,15H,3,9-12H2,1-2H3,(H,17,19). The Morgan fingerprint density at radius 3 is 2.53 bits per heavy atom. The first-order valence-electron chi connectivity index (χ1n) is 7.31. The van der Waals surface area contributed by atoms with Gasteiger partial charge in [-0.3, -0.25) is 0 Å². The van der Waals surface area contributed by atoms with E-state index in [2.05, 4.69) is 31.3 Å². The van der Waals surface area contributed by atoms with Crippen LogP contribution in [-0.2, 0) is 0 Å². The number of carbonyl (C=O) groups excluding carboxylic acids is 1. The van der Waals surface area contributed by atoms with Gasteiger partial charge in [0.1, 0.15) is 0 Å². The molecule has 3 heteroatoms. The maximum Gasteiger partial charge on any atom is 0.317 e. The van der Waals surface area contributed by atoms with Gasteiger partial charge in [-0.15, -0.1) is 0 Å². The normalized spacial score (nSPS) is 18.1. The Morgan fingerprint density at radius 1 is 1.32 bits per heavy atom. The highest BCUT2D eigenvalue weighted by molar-refractivity contribution is 5.74. The first-order valence-corrected chi connectivity index (χ1v) is 7.31. The molecule has 1 saturated heterocycles. The molecule has 0 aliphatic carbocycles. The van der Waals surface area contributed by atoms with Gasteiger partial charge in [0.25, 0.3) is 0 Å². The molecule has 1 unspecified atom stereocenters. The Bertz CT molecular complexity index is 396. The molecule has 1 heterocycles. The van der Waals surface area contributed by atoms with Crippen LogP contribution in [0.4, 0.5) is 4.79 Å². The predicted molar refractivity (Wildman–Crippen MR) is 78.0 cm³/mol. The molecule has 1 aliphatic heterocycles. The molecule has 0 saturated carbocycles. The summed E-state index contributed by atoms with van der Waals surface area (Å²) in [7, 11) is 0. The van der Waals surface area contributed by atoms with Crippen molar-refractivity contribution in [3.8, 4) is 0 Å². The zero-order chi connectivity index (χ0) is 13.7. The fourth-order valence-electron chi connectivity index (χ4n) is 2.56. The second kappa shape index (κ2) is 6.60. The molecular weight excluding hydrogens is 236 g/mol. The van der Waals surface area contributed by atoms with Crippen LogP contribution in [0, 0.1) is 5.92 Å². The van der Waals surface area contributed by atoms with Crippen molar-refractivity contribution >= 4 is 6.03 Å². The molecule has 1 aromatic carbocycles. The molecular formula is C16H24N2O. The maximum atomic E-state index is 12.3. The Hall–Kier alpha value is -1.51. The van der Waals surface area contributed by atoms with Gasteiger partial charge in [0, 0.05) is 13.1 Å². The minimum absolute atomic E-state index is 0.0857. The third-order valence-corrected chi connectivity index (χ3v) is 3.98. The molecule has 104 valence electrons. The van der Waals surface area contributed by atoms with E-state index in [0.29, 0.717) is 0 Å². The average molecular weight is 260 g/mol. The van der Waals surface area contributed by atoms with Crippen LogP contribution in [0.15, 0.2) is 30.3 Å². The van der Waals surface area contributed by atoms with Crippen molar-refractivity contribution in [2.45, 2.75) is 39.2 Å². The van der Waals surface area contributed by atoms with Crippen molar-refractivity contribution in [3.05, 3.63) is 35.9 Å². The summed E-state index contributed by atoms with van der Waals surface area (Å²) in [5.74, 6) is 0.750. The van der Waals surface area contributed by atoms with Crippen LogP contribution >= 0.6 is 0 Å². The molecule has 2 rings (SSSR count).